The Morgan fingerprint density at radius 3 is 2.26 bits per heavy atom. The molecule has 0 N–H and O–H groups in total. The summed E-state index contributed by atoms with van der Waals surface area (Å²) in [5.41, 5.74) is -1.17. The van der Waals surface area contributed by atoms with E-state index in [9.17, 15) is 14.4 Å². The molecule has 188 valence electrons. The third-order valence-corrected chi connectivity index (χ3v) is 9.90. The molecule has 0 aromatic rings. The van der Waals surface area contributed by atoms with E-state index in [4.69, 9.17) is 18.9 Å². The van der Waals surface area contributed by atoms with Gasteiger partial charge in [-0.1, -0.05) is 27.4 Å². The van der Waals surface area contributed by atoms with Crippen LogP contribution in [-0.2, 0) is 33.3 Å². The molecule has 0 radical (unpaired) electrons. The number of Topliss-reactive ketones (excluding diaryl/α,β-unsaturated/α-hetero) is 1. The minimum Gasteiger partial charge on any atom is -0.462 e. The van der Waals surface area contributed by atoms with E-state index in [0.29, 0.717) is 24.8 Å². The summed E-state index contributed by atoms with van der Waals surface area (Å²) in [5.74, 6) is -2.15. The number of hydrogen-bond acceptors (Lipinski definition) is 7. The van der Waals surface area contributed by atoms with Crippen LogP contribution in [0.5, 0.6) is 0 Å². The molecule has 7 heteroatoms. The fourth-order valence-electron chi connectivity index (χ4n) is 8.98. The lowest BCUT2D eigenvalue weighted by Crippen LogP contribution is -2.76. The molecule has 0 aromatic heterocycles. The summed E-state index contributed by atoms with van der Waals surface area (Å²) in [7, 11) is 0. The van der Waals surface area contributed by atoms with Gasteiger partial charge in [0.15, 0.2) is 11.6 Å². The number of carbonyl (C=O) groups is 3. The molecule has 0 aromatic carbocycles. The zero-order valence-corrected chi connectivity index (χ0v) is 21.4. The SMILES string of the molecule is C=C1C(=O)[C@@]23[C@@H]4OC(C)(C)O[C@@H]2C[C@@H]2C(C)(C)CC[C@@H](OC(C)=O)[C@@]2(C)[C@H]3[C@@H](OC(C)=O)C[C@@H]14. The molecule has 0 unspecified atom stereocenters. The summed E-state index contributed by atoms with van der Waals surface area (Å²) in [6.45, 7) is 17.5. The van der Waals surface area contributed by atoms with Gasteiger partial charge in [0.05, 0.1) is 17.6 Å². The predicted molar refractivity (Wildman–Crippen MR) is 122 cm³/mol. The summed E-state index contributed by atoms with van der Waals surface area (Å²) in [4.78, 5) is 38.7. The van der Waals surface area contributed by atoms with Crippen LogP contribution in [0, 0.1) is 34.0 Å². The average Bonchev–Trinajstić information content (AvgIpc) is 2.82. The second kappa shape index (κ2) is 7.16. The van der Waals surface area contributed by atoms with Gasteiger partial charge in [-0.3, -0.25) is 14.4 Å². The molecule has 0 amide bonds. The Labute approximate surface area is 201 Å². The Balaban J connectivity index is 1.77. The highest BCUT2D eigenvalue weighted by molar-refractivity contribution is 6.05. The molecule has 2 bridgehead atoms. The van der Waals surface area contributed by atoms with Crippen LogP contribution in [0.2, 0.25) is 0 Å². The van der Waals surface area contributed by atoms with Crippen molar-refractivity contribution in [3.63, 3.8) is 0 Å². The van der Waals surface area contributed by atoms with Crippen molar-refractivity contribution in [2.24, 2.45) is 34.0 Å². The van der Waals surface area contributed by atoms with Crippen molar-refractivity contribution in [3.8, 4) is 0 Å². The molecule has 5 fully saturated rings. The van der Waals surface area contributed by atoms with Crippen LogP contribution in [0.25, 0.3) is 0 Å². The van der Waals surface area contributed by atoms with E-state index in [0.717, 1.165) is 6.42 Å². The van der Waals surface area contributed by atoms with Crippen LogP contribution in [-0.4, -0.2) is 47.9 Å². The van der Waals surface area contributed by atoms with Crippen LogP contribution in [0.3, 0.4) is 0 Å². The Morgan fingerprint density at radius 2 is 1.65 bits per heavy atom. The van der Waals surface area contributed by atoms with Gasteiger partial charge in [-0.25, -0.2) is 0 Å². The topological polar surface area (TPSA) is 88.1 Å². The van der Waals surface area contributed by atoms with Crippen molar-refractivity contribution in [1.29, 1.82) is 0 Å². The van der Waals surface area contributed by atoms with Crippen LogP contribution in [0.4, 0.5) is 0 Å². The van der Waals surface area contributed by atoms with Crippen LogP contribution >= 0.6 is 0 Å². The molecule has 1 heterocycles. The molecule has 5 aliphatic rings. The first-order valence-electron chi connectivity index (χ1n) is 12.6. The molecule has 7 nitrogen and oxygen atoms in total. The average molecular weight is 475 g/mol. The number of carbonyl (C=O) groups excluding carboxylic acids is 3. The van der Waals surface area contributed by atoms with E-state index in [1.807, 2.05) is 13.8 Å². The minimum absolute atomic E-state index is 0.0349. The predicted octanol–water partition coefficient (Wildman–Crippen LogP) is 3.98. The quantitative estimate of drug-likeness (QED) is 0.442. The van der Waals surface area contributed by atoms with Crippen molar-refractivity contribution in [1.82, 2.24) is 0 Å². The molecule has 9 atom stereocenters. The summed E-state index contributed by atoms with van der Waals surface area (Å²) in [5, 5.41) is 0. The van der Waals surface area contributed by atoms with E-state index < -0.39 is 47.0 Å². The van der Waals surface area contributed by atoms with Crippen molar-refractivity contribution in [3.05, 3.63) is 12.2 Å². The van der Waals surface area contributed by atoms with Crippen LogP contribution in [0.15, 0.2) is 12.2 Å². The van der Waals surface area contributed by atoms with E-state index in [2.05, 4.69) is 27.4 Å². The summed E-state index contributed by atoms with van der Waals surface area (Å²) < 4.78 is 25.1. The van der Waals surface area contributed by atoms with Gasteiger partial charge < -0.3 is 18.9 Å². The molecule has 1 saturated heterocycles. The lowest BCUT2D eigenvalue weighted by molar-refractivity contribution is -0.393. The maximum absolute atomic E-state index is 14.2. The third-order valence-electron chi connectivity index (χ3n) is 9.90. The van der Waals surface area contributed by atoms with Crippen molar-refractivity contribution >= 4 is 17.7 Å². The lowest BCUT2D eigenvalue weighted by atomic mass is 9.38. The molecular formula is C27H38O7. The maximum Gasteiger partial charge on any atom is 0.302 e. The number of rotatable bonds is 2. The monoisotopic (exact) mass is 474 g/mol. The van der Waals surface area contributed by atoms with Gasteiger partial charge in [0.2, 0.25) is 0 Å². The standard InChI is InChI=1S/C27H38O7/c1-13-16-11-17(31-14(2)28)21-26(8)18(24(4,5)10-9-19(26)32-15(3)29)12-20-27(21,22(13)30)23(16)34-25(6,7)33-20/h16-21,23H,1,9-12H2,2-8H3/t16-,17-,18+,19+,20+,21+,23+,26-,27+/m0/s1. The summed E-state index contributed by atoms with van der Waals surface area (Å²) in [6, 6.07) is 0. The van der Waals surface area contributed by atoms with Gasteiger partial charge >= 0.3 is 11.9 Å². The van der Waals surface area contributed by atoms with Gasteiger partial charge in [-0.05, 0) is 56.4 Å². The number of esters is 2. The zero-order valence-electron chi connectivity index (χ0n) is 21.4. The summed E-state index contributed by atoms with van der Waals surface area (Å²) in [6.07, 6.45) is 1.00. The number of hydrogen-bond donors (Lipinski definition) is 0. The lowest BCUT2D eigenvalue weighted by Gasteiger charge is -2.70. The van der Waals surface area contributed by atoms with E-state index in [1.54, 1.807) is 0 Å². The molecule has 1 aliphatic heterocycles. The number of fused-ring (bicyclic) bond motifs is 2. The van der Waals surface area contributed by atoms with E-state index >= 15 is 0 Å². The first-order chi connectivity index (χ1) is 15.7. The second-order valence-electron chi connectivity index (χ2n) is 12.6. The Morgan fingerprint density at radius 1 is 1.00 bits per heavy atom. The first kappa shape index (κ1) is 24.0. The van der Waals surface area contributed by atoms with Crippen molar-refractivity contribution < 1.29 is 33.3 Å². The normalized spacial score (nSPS) is 47.9. The highest BCUT2D eigenvalue weighted by Crippen LogP contribution is 2.74. The molecule has 4 saturated carbocycles. The van der Waals surface area contributed by atoms with E-state index in [1.165, 1.54) is 13.8 Å². The van der Waals surface area contributed by atoms with Crippen LogP contribution in [0.1, 0.15) is 74.1 Å². The van der Waals surface area contributed by atoms with E-state index in [-0.39, 0.29) is 35.0 Å². The van der Waals surface area contributed by atoms with Gasteiger partial charge in [0.25, 0.3) is 0 Å². The molecule has 4 aliphatic carbocycles. The molecule has 1 spiro atoms. The maximum atomic E-state index is 14.2. The van der Waals surface area contributed by atoms with Gasteiger partial charge in [-0.15, -0.1) is 0 Å². The van der Waals surface area contributed by atoms with Crippen molar-refractivity contribution in [2.75, 3.05) is 0 Å². The van der Waals surface area contributed by atoms with Gasteiger partial charge in [0.1, 0.15) is 12.2 Å². The fraction of sp³-hybridized carbons (Fsp3) is 0.815. The van der Waals surface area contributed by atoms with Crippen molar-refractivity contribution in [2.45, 2.75) is 104 Å². The largest absolute Gasteiger partial charge is 0.462 e. The minimum atomic E-state index is -1.02. The number of ether oxygens (including phenoxy) is 4. The Bertz CT molecular complexity index is 966. The fourth-order valence-corrected chi connectivity index (χ4v) is 8.98. The third kappa shape index (κ3) is 2.92. The molecular weight excluding hydrogens is 436 g/mol. The Kier molecular flexibility index (Phi) is 5.05. The second-order valence-corrected chi connectivity index (χ2v) is 12.6. The van der Waals surface area contributed by atoms with Gasteiger partial charge in [0, 0.05) is 31.1 Å². The smallest absolute Gasteiger partial charge is 0.302 e. The number of ketones is 1. The highest BCUT2D eigenvalue weighted by atomic mass is 16.7. The first-order valence-corrected chi connectivity index (χ1v) is 12.6. The highest BCUT2D eigenvalue weighted by Gasteiger charge is 2.81. The van der Waals surface area contributed by atoms with Gasteiger partial charge in [-0.2, -0.15) is 0 Å². The molecule has 5 rings (SSSR count). The Hall–Kier alpha value is -1.73. The summed E-state index contributed by atoms with van der Waals surface area (Å²) >= 11 is 0. The zero-order chi connectivity index (χ0) is 25.0. The van der Waals surface area contributed by atoms with Crippen LogP contribution < -0.4 is 0 Å². The molecule has 34 heavy (non-hydrogen) atoms.